The van der Waals surface area contributed by atoms with Gasteiger partial charge in [-0.3, -0.25) is 4.79 Å². The van der Waals surface area contributed by atoms with Crippen LogP contribution in [0.15, 0.2) is 0 Å². The summed E-state index contributed by atoms with van der Waals surface area (Å²) in [6.45, 7) is 1.24. The summed E-state index contributed by atoms with van der Waals surface area (Å²) in [5.41, 5.74) is 9.81. The summed E-state index contributed by atoms with van der Waals surface area (Å²) in [5, 5.41) is 10.3. The van der Waals surface area contributed by atoms with Crippen molar-refractivity contribution in [2.24, 2.45) is 11.5 Å². The molecule has 0 atom stereocenters. The van der Waals surface area contributed by atoms with Gasteiger partial charge in [0.05, 0.1) is 6.54 Å². The number of likely N-dealkylation sites (N-methyl/N-ethyl adjacent to an activating group) is 1. The topological polar surface area (TPSA) is 101 Å². The fraction of sp³-hybridized carbons (Fsp3) is 0.800. The van der Waals surface area contributed by atoms with E-state index in [-0.39, 0.29) is 6.54 Å². The molecule has 0 saturated carbocycles. The van der Waals surface area contributed by atoms with Gasteiger partial charge in [0.2, 0.25) is 0 Å². The van der Waals surface area contributed by atoms with E-state index in [1.807, 2.05) is 0 Å². The molecule has 0 aliphatic carbocycles. The van der Waals surface area contributed by atoms with Crippen molar-refractivity contribution >= 4 is 5.97 Å². The van der Waals surface area contributed by atoms with Gasteiger partial charge in [0.1, 0.15) is 0 Å². The SMILES string of the molecule is CNCC(=O)O.NCCN. The highest BCUT2D eigenvalue weighted by Gasteiger charge is 1.86. The molecule has 6 N–H and O–H groups in total. The van der Waals surface area contributed by atoms with E-state index in [0.29, 0.717) is 13.1 Å². The van der Waals surface area contributed by atoms with E-state index in [2.05, 4.69) is 5.32 Å². The zero-order valence-electron chi connectivity index (χ0n) is 6.13. The van der Waals surface area contributed by atoms with Gasteiger partial charge in [-0.05, 0) is 7.05 Å². The predicted octanol–water partition coefficient (Wildman–Crippen LogP) is -1.81. The lowest BCUT2D eigenvalue weighted by atomic mass is 10.7. The van der Waals surface area contributed by atoms with Crippen LogP contribution in [0, 0.1) is 0 Å². The van der Waals surface area contributed by atoms with E-state index in [1.54, 1.807) is 7.05 Å². The molecule has 0 aromatic rings. The zero-order valence-corrected chi connectivity index (χ0v) is 6.13. The third kappa shape index (κ3) is 26.4. The van der Waals surface area contributed by atoms with Crippen LogP contribution in [0.1, 0.15) is 0 Å². The molecule has 0 aliphatic heterocycles. The molecule has 0 rings (SSSR count). The Balaban J connectivity index is 0. The van der Waals surface area contributed by atoms with Crippen LogP contribution in [-0.4, -0.2) is 37.8 Å². The number of carbonyl (C=O) groups is 1. The van der Waals surface area contributed by atoms with Crippen LogP contribution >= 0.6 is 0 Å². The molecule has 5 nitrogen and oxygen atoms in total. The monoisotopic (exact) mass is 149 g/mol. The highest BCUT2D eigenvalue weighted by Crippen LogP contribution is 1.50. The Morgan fingerprint density at radius 1 is 1.50 bits per heavy atom. The summed E-state index contributed by atoms with van der Waals surface area (Å²) < 4.78 is 0. The summed E-state index contributed by atoms with van der Waals surface area (Å²) in [4.78, 5) is 9.54. The van der Waals surface area contributed by atoms with Crippen LogP contribution in [0.25, 0.3) is 0 Å². The molecule has 5 heteroatoms. The molecule has 0 aromatic carbocycles. The van der Waals surface area contributed by atoms with Crippen LogP contribution in [0.4, 0.5) is 0 Å². The first-order valence-corrected chi connectivity index (χ1v) is 2.95. The highest BCUT2D eigenvalue weighted by atomic mass is 16.4. The van der Waals surface area contributed by atoms with E-state index in [1.165, 1.54) is 0 Å². The van der Waals surface area contributed by atoms with E-state index in [4.69, 9.17) is 16.6 Å². The fourth-order valence-electron chi connectivity index (χ4n) is 0.151. The first-order valence-electron chi connectivity index (χ1n) is 2.95. The van der Waals surface area contributed by atoms with Crippen LogP contribution < -0.4 is 16.8 Å². The third-order valence-corrected chi connectivity index (χ3v) is 0.495. The molecule has 10 heavy (non-hydrogen) atoms. The molecule has 0 radical (unpaired) electrons. The Morgan fingerprint density at radius 3 is 1.90 bits per heavy atom. The van der Waals surface area contributed by atoms with Crippen LogP contribution in [0.3, 0.4) is 0 Å². The molecule has 0 saturated heterocycles. The molecule has 0 bridgehead atoms. The van der Waals surface area contributed by atoms with E-state index < -0.39 is 5.97 Å². The van der Waals surface area contributed by atoms with E-state index in [9.17, 15) is 4.79 Å². The number of hydrogen-bond acceptors (Lipinski definition) is 4. The molecular formula is C5H15N3O2. The van der Waals surface area contributed by atoms with Crippen molar-refractivity contribution in [1.29, 1.82) is 0 Å². The Morgan fingerprint density at radius 2 is 1.90 bits per heavy atom. The minimum Gasteiger partial charge on any atom is -0.480 e. The third-order valence-electron chi connectivity index (χ3n) is 0.495. The molecular weight excluding hydrogens is 134 g/mol. The van der Waals surface area contributed by atoms with Gasteiger partial charge in [-0.1, -0.05) is 0 Å². The summed E-state index contributed by atoms with van der Waals surface area (Å²) in [7, 11) is 1.59. The van der Waals surface area contributed by atoms with Crippen LogP contribution in [0.2, 0.25) is 0 Å². The standard InChI is InChI=1S/C3H7NO2.C2H8N2/c1-4-2-3(5)6;3-1-2-4/h4H,2H2,1H3,(H,5,6);1-4H2. The van der Waals surface area contributed by atoms with Crippen molar-refractivity contribution in [3.05, 3.63) is 0 Å². The predicted molar refractivity (Wildman–Crippen MR) is 39.7 cm³/mol. The van der Waals surface area contributed by atoms with Gasteiger partial charge >= 0.3 is 5.97 Å². The smallest absolute Gasteiger partial charge is 0.317 e. The molecule has 0 unspecified atom stereocenters. The average Bonchev–Trinajstić information content (AvgIpc) is 1.89. The van der Waals surface area contributed by atoms with Crippen molar-refractivity contribution in [2.75, 3.05) is 26.7 Å². The van der Waals surface area contributed by atoms with Crippen molar-refractivity contribution in [1.82, 2.24) is 5.32 Å². The molecule has 62 valence electrons. The lowest BCUT2D eigenvalue weighted by molar-refractivity contribution is -0.135. The molecule has 0 spiro atoms. The second-order valence-corrected chi connectivity index (χ2v) is 1.50. The fourth-order valence-corrected chi connectivity index (χ4v) is 0.151. The average molecular weight is 149 g/mol. The minimum absolute atomic E-state index is 0.0417. The molecule has 0 aliphatic rings. The normalized spacial score (nSPS) is 7.90. The molecule has 0 amide bonds. The number of nitrogens with two attached hydrogens (primary N) is 2. The minimum atomic E-state index is -0.822. The van der Waals surface area contributed by atoms with E-state index >= 15 is 0 Å². The number of aliphatic carboxylic acids is 1. The van der Waals surface area contributed by atoms with Gasteiger partial charge in [-0.15, -0.1) is 0 Å². The Kier molecular flexibility index (Phi) is 13.5. The number of carboxylic acid groups (broad SMARTS) is 1. The van der Waals surface area contributed by atoms with Crippen molar-refractivity contribution in [3.63, 3.8) is 0 Å². The van der Waals surface area contributed by atoms with Gasteiger partial charge < -0.3 is 21.9 Å². The van der Waals surface area contributed by atoms with Gasteiger partial charge in [0.25, 0.3) is 0 Å². The van der Waals surface area contributed by atoms with Crippen molar-refractivity contribution in [2.45, 2.75) is 0 Å². The lowest BCUT2D eigenvalue weighted by Gasteiger charge is -1.84. The highest BCUT2D eigenvalue weighted by molar-refractivity contribution is 5.68. The van der Waals surface area contributed by atoms with E-state index in [0.717, 1.165) is 0 Å². The maximum absolute atomic E-state index is 9.54. The zero-order chi connectivity index (χ0) is 8.41. The summed E-state index contributed by atoms with van der Waals surface area (Å²) in [6.07, 6.45) is 0. The number of rotatable bonds is 3. The summed E-state index contributed by atoms with van der Waals surface area (Å²) in [6, 6.07) is 0. The molecule has 0 fully saturated rings. The Hall–Kier alpha value is -0.650. The second kappa shape index (κ2) is 11.2. The first-order chi connectivity index (χ1) is 4.68. The maximum atomic E-state index is 9.54. The van der Waals surface area contributed by atoms with Gasteiger partial charge in [0.15, 0.2) is 0 Å². The van der Waals surface area contributed by atoms with Crippen LogP contribution in [0.5, 0.6) is 0 Å². The number of carboxylic acids is 1. The number of nitrogens with one attached hydrogen (secondary N) is 1. The first kappa shape index (κ1) is 12.1. The largest absolute Gasteiger partial charge is 0.480 e. The van der Waals surface area contributed by atoms with Gasteiger partial charge in [0, 0.05) is 13.1 Å². The lowest BCUT2D eigenvalue weighted by Crippen LogP contribution is -2.16. The molecule has 0 aromatic heterocycles. The Bertz CT molecular complexity index is 75.3. The summed E-state index contributed by atoms with van der Waals surface area (Å²) in [5.74, 6) is -0.822. The quantitative estimate of drug-likeness (QED) is 0.379. The van der Waals surface area contributed by atoms with Crippen LogP contribution in [-0.2, 0) is 4.79 Å². The van der Waals surface area contributed by atoms with Crippen molar-refractivity contribution < 1.29 is 9.90 Å². The maximum Gasteiger partial charge on any atom is 0.317 e. The van der Waals surface area contributed by atoms with Crippen molar-refractivity contribution in [3.8, 4) is 0 Å². The van der Waals surface area contributed by atoms with Gasteiger partial charge in [-0.2, -0.15) is 0 Å². The second-order valence-electron chi connectivity index (χ2n) is 1.50. The van der Waals surface area contributed by atoms with Gasteiger partial charge in [-0.25, -0.2) is 0 Å². The summed E-state index contributed by atoms with van der Waals surface area (Å²) >= 11 is 0. The Labute approximate surface area is 60.4 Å². The molecule has 0 heterocycles. The number of hydrogen-bond donors (Lipinski definition) is 4.